The molecule has 150 valence electrons. The third kappa shape index (κ3) is 4.33. The van der Waals surface area contributed by atoms with Gasteiger partial charge in [-0.2, -0.15) is 14.9 Å². The van der Waals surface area contributed by atoms with Crippen LogP contribution in [0, 0.1) is 0 Å². The first-order chi connectivity index (χ1) is 14.1. The van der Waals surface area contributed by atoms with Crippen LogP contribution in [0.1, 0.15) is 5.56 Å². The second kappa shape index (κ2) is 9.11. The van der Waals surface area contributed by atoms with Crippen molar-refractivity contribution < 1.29 is 14.2 Å². The molecule has 0 spiro atoms. The third-order valence-corrected chi connectivity index (χ3v) is 4.37. The Morgan fingerprint density at radius 3 is 2.31 bits per heavy atom. The summed E-state index contributed by atoms with van der Waals surface area (Å²) >= 11 is 6.20. The lowest BCUT2D eigenvalue weighted by molar-refractivity contribution is 0.324. The van der Waals surface area contributed by atoms with E-state index in [9.17, 15) is 4.79 Å². The van der Waals surface area contributed by atoms with Crippen molar-refractivity contribution in [3.63, 3.8) is 0 Å². The van der Waals surface area contributed by atoms with Gasteiger partial charge in [-0.3, -0.25) is 10.2 Å². The van der Waals surface area contributed by atoms with Crippen LogP contribution < -0.4 is 25.2 Å². The minimum atomic E-state index is -0.453. The van der Waals surface area contributed by atoms with Crippen molar-refractivity contribution in [2.24, 2.45) is 5.10 Å². The highest BCUT2D eigenvalue weighted by Crippen LogP contribution is 2.37. The minimum absolute atomic E-state index is 0.0223. The van der Waals surface area contributed by atoms with Crippen molar-refractivity contribution in [1.82, 2.24) is 9.78 Å². The number of benzene rings is 2. The first-order valence-electron chi connectivity index (χ1n) is 8.51. The minimum Gasteiger partial charge on any atom is -0.493 e. The van der Waals surface area contributed by atoms with Crippen molar-refractivity contribution in [2.45, 2.75) is 0 Å². The van der Waals surface area contributed by atoms with E-state index in [0.717, 1.165) is 0 Å². The second-order valence-electron chi connectivity index (χ2n) is 5.75. The van der Waals surface area contributed by atoms with Crippen molar-refractivity contribution in [3.05, 3.63) is 69.6 Å². The Morgan fingerprint density at radius 1 is 1.07 bits per heavy atom. The van der Waals surface area contributed by atoms with Gasteiger partial charge in [0, 0.05) is 5.56 Å². The number of halogens is 1. The Bertz CT molecular complexity index is 1060. The molecule has 0 aliphatic carbocycles. The summed E-state index contributed by atoms with van der Waals surface area (Å²) in [5, 5.41) is 8.24. The molecule has 0 fully saturated rings. The molecule has 0 radical (unpaired) electrons. The summed E-state index contributed by atoms with van der Waals surface area (Å²) in [7, 11) is 4.59. The van der Waals surface area contributed by atoms with Crippen molar-refractivity contribution in [3.8, 4) is 22.9 Å². The summed E-state index contributed by atoms with van der Waals surface area (Å²) in [6.07, 6.45) is 2.97. The molecule has 1 N–H and O–H groups in total. The highest BCUT2D eigenvalue weighted by molar-refractivity contribution is 6.32. The molecule has 0 aliphatic rings. The van der Waals surface area contributed by atoms with Gasteiger partial charge >= 0.3 is 0 Å². The highest BCUT2D eigenvalue weighted by atomic mass is 35.5. The maximum Gasteiger partial charge on any atom is 0.292 e. The molecule has 0 unspecified atom stereocenters. The number of hydrazone groups is 1. The van der Waals surface area contributed by atoms with Crippen molar-refractivity contribution in [2.75, 3.05) is 26.8 Å². The van der Waals surface area contributed by atoms with Crippen LogP contribution >= 0.6 is 11.6 Å². The van der Waals surface area contributed by atoms with Crippen molar-refractivity contribution in [1.29, 1.82) is 0 Å². The molecule has 0 aliphatic heterocycles. The average molecular weight is 415 g/mol. The van der Waals surface area contributed by atoms with Gasteiger partial charge in [0.1, 0.15) is 10.7 Å². The number of hydrogen-bond acceptors (Lipinski definition) is 7. The van der Waals surface area contributed by atoms with Crippen LogP contribution in [0.25, 0.3) is 5.69 Å². The first-order valence-corrected chi connectivity index (χ1v) is 8.89. The molecule has 3 rings (SSSR count). The summed E-state index contributed by atoms with van der Waals surface area (Å²) in [6, 6.07) is 12.5. The molecule has 29 heavy (non-hydrogen) atoms. The van der Waals surface area contributed by atoms with Crippen LogP contribution in [0.15, 0.2) is 58.6 Å². The number of para-hydroxylation sites is 1. The van der Waals surface area contributed by atoms with Gasteiger partial charge in [-0.15, -0.1) is 0 Å². The zero-order valence-corrected chi connectivity index (χ0v) is 16.8. The third-order valence-electron chi connectivity index (χ3n) is 4.01. The van der Waals surface area contributed by atoms with Crippen LogP contribution in [0.2, 0.25) is 5.02 Å². The molecule has 0 amide bonds. The van der Waals surface area contributed by atoms with E-state index in [1.54, 1.807) is 24.3 Å². The molecule has 9 heteroatoms. The van der Waals surface area contributed by atoms with Gasteiger partial charge in [0.2, 0.25) is 5.75 Å². The van der Waals surface area contributed by atoms with E-state index in [1.165, 1.54) is 38.4 Å². The Morgan fingerprint density at radius 2 is 1.72 bits per heavy atom. The van der Waals surface area contributed by atoms with Gasteiger partial charge in [-0.25, -0.2) is 0 Å². The largest absolute Gasteiger partial charge is 0.493 e. The molecule has 0 saturated heterocycles. The fourth-order valence-corrected chi connectivity index (χ4v) is 2.79. The van der Waals surface area contributed by atoms with Gasteiger partial charge in [0.05, 0.1) is 39.4 Å². The molecule has 0 atom stereocenters. The zero-order chi connectivity index (χ0) is 20.8. The van der Waals surface area contributed by atoms with Crippen LogP contribution in [0.4, 0.5) is 5.69 Å². The first kappa shape index (κ1) is 20.2. The Balaban J connectivity index is 1.84. The number of aromatic nitrogens is 2. The Hall–Kier alpha value is -3.52. The molecule has 8 nitrogen and oxygen atoms in total. The lowest BCUT2D eigenvalue weighted by Gasteiger charge is -2.12. The van der Waals surface area contributed by atoms with E-state index >= 15 is 0 Å². The number of hydrogen-bond donors (Lipinski definition) is 1. The predicted octanol–water partition coefficient (Wildman–Crippen LogP) is 3.36. The summed E-state index contributed by atoms with van der Waals surface area (Å²) < 4.78 is 17.1. The van der Waals surface area contributed by atoms with Crippen molar-refractivity contribution >= 4 is 23.5 Å². The molecule has 3 aromatic rings. The van der Waals surface area contributed by atoms with Gasteiger partial charge in [-0.1, -0.05) is 29.8 Å². The zero-order valence-electron chi connectivity index (χ0n) is 16.0. The fraction of sp³-hybridized carbons (Fsp3) is 0.150. The molecule has 0 bridgehead atoms. The van der Waals surface area contributed by atoms with Crippen LogP contribution in [0.3, 0.4) is 0 Å². The molecule has 1 heterocycles. The van der Waals surface area contributed by atoms with E-state index in [4.69, 9.17) is 25.8 Å². The number of anilines is 1. The van der Waals surface area contributed by atoms with Gasteiger partial charge in [-0.05, 0) is 24.3 Å². The fourth-order valence-electron chi connectivity index (χ4n) is 2.62. The lowest BCUT2D eigenvalue weighted by Crippen LogP contribution is -2.22. The van der Waals surface area contributed by atoms with E-state index < -0.39 is 5.56 Å². The number of rotatable bonds is 7. The topological polar surface area (TPSA) is 87.0 Å². The van der Waals surface area contributed by atoms with E-state index in [2.05, 4.69) is 15.6 Å². The molecular formula is C20H19ClN4O4. The van der Waals surface area contributed by atoms with E-state index in [1.807, 2.05) is 18.2 Å². The molecule has 1 aromatic heterocycles. The maximum atomic E-state index is 12.5. The molecule has 0 saturated carbocycles. The molecular weight excluding hydrogens is 396 g/mol. The van der Waals surface area contributed by atoms with Crippen LogP contribution in [-0.2, 0) is 0 Å². The standard InChI is InChI=1S/C20H19ClN4O4/c1-27-16-9-13(10-17(28-2)19(16)29-3)11-22-24-15-12-23-25(20(26)18(15)21)14-7-5-4-6-8-14/h4-12,24H,1-3H3/b22-11-. The van der Waals surface area contributed by atoms with Crippen LogP contribution in [-0.4, -0.2) is 37.3 Å². The molecule has 2 aromatic carbocycles. The summed E-state index contributed by atoms with van der Waals surface area (Å²) in [4.78, 5) is 12.5. The highest BCUT2D eigenvalue weighted by Gasteiger charge is 2.13. The monoisotopic (exact) mass is 414 g/mol. The number of ether oxygens (including phenoxy) is 3. The number of methoxy groups -OCH3 is 3. The van der Waals surface area contributed by atoms with Crippen LogP contribution in [0.5, 0.6) is 17.2 Å². The van der Waals surface area contributed by atoms with E-state index in [-0.39, 0.29) is 10.7 Å². The SMILES string of the molecule is COc1cc(/C=N\Nc2cnn(-c3ccccc3)c(=O)c2Cl)cc(OC)c1OC. The van der Waals surface area contributed by atoms with Gasteiger partial charge in [0.15, 0.2) is 11.5 Å². The summed E-state index contributed by atoms with van der Waals surface area (Å²) in [5.74, 6) is 1.48. The van der Waals surface area contributed by atoms with Gasteiger partial charge in [0.25, 0.3) is 5.56 Å². The predicted molar refractivity (Wildman–Crippen MR) is 112 cm³/mol. The second-order valence-corrected chi connectivity index (χ2v) is 6.13. The maximum absolute atomic E-state index is 12.5. The lowest BCUT2D eigenvalue weighted by atomic mass is 10.2. The summed E-state index contributed by atoms with van der Waals surface area (Å²) in [6.45, 7) is 0. The number of nitrogens with zero attached hydrogens (tertiary/aromatic N) is 3. The van der Waals surface area contributed by atoms with Gasteiger partial charge < -0.3 is 14.2 Å². The average Bonchev–Trinajstić information content (AvgIpc) is 2.76. The Kier molecular flexibility index (Phi) is 6.36. The number of nitrogens with one attached hydrogen (secondary N) is 1. The van der Waals surface area contributed by atoms with E-state index in [0.29, 0.717) is 28.5 Å². The Labute approximate surface area is 172 Å². The quantitative estimate of drug-likeness (QED) is 0.471. The summed E-state index contributed by atoms with van der Waals surface area (Å²) in [5.41, 5.74) is 3.87. The smallest absolute Gasteiger partial charge is 0.292 e. The normalized spacial score (nSPS) is 10.8.